The van der Waals surface area contributed by atoms with Crippen molar-refractivity contribution in [1.82, 2.24) is 4.98 Å². The van der Waals surface area contributed by atoms with Crippen LogP contribution in [-0.4, -0.2) is 23.7 Å². The van der Waals surface area contributed by atoms with Crippen LogP contribution in [0.5, 0.6) is 11.5 Å². The molecule has 4 N–H and O–H groups in total. The maximum Gasteiger partial charge on any atom is 0.324 e. The average Bonchev–Trinajstić information content (AvgIpc) is 3.07. The molecule has 4 rings (SSSR count). The summed E-state index contributed by atoms with van der Waals surface area (Å²) in [5.74, 6) is 0.484. The molecule has 130 valence electrons. The molecule has 1 aliphatic heterocycles. The summed E-state index contributed by atoms with van der Waals surface area (Å²) in [7, 11) is 0. The molecule has 1 aromatic heterocycles. The number of carbonyl (C=O) groups excluding carboxylic acids is 2. The lowest BCUT2D eigenvalue weighted by Crippen LogP contribution is -2.23. The minimum Gasteiger partial charge on any atom is -0.454 e. The zero-order valence-corrected chi connectivity index (χ0v) is 13.5. The Morgan fingerprint density at radius 3 is 2.46 bits per heavy atom. The van der Waals surface area contributed by atoms with Crippen molar-refractivity contribution in [3.05, 3.63) is 54.1 Å². The van der Waals surface area contributed by atoms with Gasteiger partial charge in [0.15, 0.2) is 11.5 Å². The summed E-state index contributed by atoms with van der Waals surface area (Å²) in [5, 5.41) is 5.88. The number of fused-ring (bicyclic) bond motifs is 2. The number of carbonyl (C=O) groups is 2. The van der Waals surface area contributed by atoms with Crippen molar-refractivity contribution >= 4 is 34.3 Å². The quantitative estimate of drug-likeness (QED) is 0.672. The molecule has 0 saturated heterocycles. The van der Waals surface area contributed by atoms with Crippen LogP contribution in [0.2, 0.25) is 0 Å². The fourth-order valence-corrected chi connectivity index (χ4v) is 2.64. The van der Waals surface area contributed by atoms with E-state index in [-0.39, 0.29) is 18.2 Å². The molecule has 1 aliphatic rings. The van der Waals surface area contributed by atoms with Gasteiger partial charge in [-0.15, -0.1) is 0 Å². The highest BCUT2D eigenvalue weighted by atomic mass is 16.7. The van der Waals surface area contributed by atoms with E-state index in [0.717, 1.165) is 0 Å². The number of nitrogens with zero attached hydrogens (tertiary/aromatic N) is 1. The van der Waals surface area contributed by atoms with Crippen molar-refractivity contribution in [1.29, 1.82) is 0 Å². The predicted molar refractivity (Wildman–Crippen MR) is 95.5 cm³/mol. The molecule has 26 heavy (non-hydrogen) atoms. The summed E-state index contributed by atoms with van der Waals surface area (Å²) in [6.45, 7) is 0.124. The molecule has 0 fully saturated rings. The molecule has 0 atom stereocenters. The number of rotatable bonds is 3. The number of primary amides is 1. The van der Waals surface area contributed by atoms with E-state index in [1.807, 2.05) is 6.07 Å². The molecule has 8 heteroatoms. The van der Waals surface area contributed by atoms with Crippen LogP contribution in [0.15, 0.2) is 48.5 Å². The number of pyridine rings is 1. The van der Waals surface area contributed by atoms with Crippen LogP contribution in [0, 0.1) is 0 Å². The van der Waals surface area contributed by atoms with E-state index in [1.165, 1.54) is 0 Å². The number of hydrogen-bond acceptors (Lipinski definition) is 5. The van der Waals surface area contributed by atoms with E-state index >= 15 is 0 Å². The molecule has 0 radical (unpaired) electrons. The number of benzene rings is 2. The van der Waals surface area contributed by atoms with Crippen molar-refractivity contribution in [3.63, 3.8) is 0 Å². The van der Waals surface area contributed by atoms with Gasteiger partial charge in [0.25, 0.3) is 5.91 Å². The van der Waals surface area contributed by atoms with E-state index in [4.69, 9.17) is 15.2 Å². The third kappa shape index (κ3) is 2.95. The van der Waals surface area contributed by atoms with E-state index < -0.39 is 11.9 Å². The molecule has 2 heterocycles. The van der Waals surface area contributed by atoms with E-state index in [9.17, 15) is 9.59 Å². The number of urea groups is 1. The fraction of sp³-hybridized carbons (Fsp3) is 0.0556. The summed E-state index contributed by atoms with van der Waals surface area (Å²) in [6, 6.07) is 13.3. The van der Waals surface area contributed by atoms with Gasteiger partial charge < -0.3 is 20.5 Å². The Labute approximate surface area is 147 Å². The lowest BCUT2D eigenvalue weighted by Gasteiger charge is -2.11. The van der Waals surface area contributed by atoms with Crippen LogP contribution in [0.1, 0.15) is 10.4 Å². The number of ether oxygens (including phenoxy) is 2. The molecule has 3 amide bonds. The van der Waals surface area contributed by atoms with Gasteiger partial charge in [0, 0.05) is 17.1 Å². The van der Waals surface area contributed by atoms with Gasteiger partial charge in [-0.2, -0.15) is 0 Å². The second kappa shape index (κ2) is 6.25. The predicted octanol–water partition coefficient (Wildman–Crippen LogP) is 2.71. The summed E-state index contributed by atoms with van der Waals surface area (Å²) < 4.78 is 10.7. The molecule has 0 unspecified atom stereocenters. The second-order valence-corrected chi connectivity index (χ2v) is 5.59. The molecule has 0 saturated carbocycles. The SMILES string of the molecule is NC(=O)c1cc2cc3c(cc2nc1NC(=O)Nc1ccccc1)OCO3. The Kier molecular flexibility index (Phi) is 3.77. The second-order valence-electron chi connectivity index (χ2n) is 5.59. The molecular formula is C18H14N4O4. The number of hydrogen-bond donors (Lipinski definition) is 3. The highest BCUT2D eigenvalue weighted by molar-refractivity contribution is 6.07. The minimum atomic E-state index is -0.702. The lowest BCUT2D eigenvalue weighted by atomic mass is 10.1. The van der Waals surface area contributed by atoms with Crippen LogP contribution in [0.4, 0.5) is 16.3 Å². The van der Waals surface area contributed by atoms with Crippen molar-refractivity contribution in [2.45, 2.75) is 0 Å². The highest BCUT2D eigenvalue weighted by Gasteiger charge is 2.19. The average molecular weight is 350 g/mol. The van der Waals surface area contributed by atoms with Crippen LogP contribution in [0.25, 0.3) is 10.9 Å². The van der Waals surface area contributed by atoms with Gasteiger partial charge in [0.1, 0.15) is 5.82 Å². The smallest absolute Gasteiger partial charge is 0.324 e. The van der Waals surface area contributed by atoms with E-state index in [0.29, 0.717) is 28.1 Å². The lowest BCUT2D eigenvalue weighted by molar-refractivity contribution is 0.100. The monoisotopic (exact) mass is 350 g/mol. The molecule has 0 bridgehead atoms. The van der Waals surface area contributed by atoms with Gasteiger partial charge in [-0.05, 0) is 24.3 Å². The summed E-state index contributed by atoms with van der Waals surface area (Å²) in [6.07, 6.45) is 0. The molecule has 3 aromatic rings. The molecule has 8 nitrogen and oxygen atoms in total. The minimum absolute atomic E-state index is 0.0669. The van der Waals surface area contributed by atoms with Crippen molar-refractivity contribution < 1.29 is 19.1 Å². The van der Waals surface area contributed by atoms with Crippen LogP contribution in [0.3, 0.4) is 0 Å². The number of anilines is 2. The third-order valence-corrected chi connectivity index (χ3v) is 3.84. The first-order chi connectivity index (χ1) is 12.6. The first kappa shape index (κ1) is 15.7. The van der Waals surface area contributed by atoms with Crippen LogP contribution < -0.4 is 25.8 Å². The van der Waals surface area contributed by atoms with E-state index in [1.54, 1.807) is 42.5 Å². The normalized spacial score (nSPS) is 12.0. The van der Waals surface area contributed by atoms with Crippen molar-refractivity contribution in [3.8, 4) is 11.5 Å². The van der Waals surface area contributed by atoms with Gasteiger partial charge in [-0.25, -0.2) is 9.78 Å². The number of para-hydroxylation sites is 1. The number of amides is 3. The van der Waals surface area contributed by atoms with Gasteiger partial charge in [0.2, 0.25) is 6.79 Å². The Hall–Kier alpha value is -3.81. The van der Waals surface area contributed by atoms with Crippen molar-refractivity contribution in [2.24, 2.45) is 5.73 Å². The fourth-order valence-electron chi connectivity index (χ4n) is 2.64. The zero-order chi connectivity index (χ0) is 18.1. The molecule has 0 spiro atoms. The van der Waals surface area contributed by atoms with Gasteiger partial charge in [-0.3, -0.25) is 10.1 Å². The van der Waals surface area contributed by atoms with Crippen molar-refractivity contribution in [2.75, 3.05) is 17.4 Å². The van der Waals surface area contributed by atoms with E-state index in [2.05, 4.69) is 15.6 Å². The summed E-state index contributed by atoms with van der Waals surface area (Å²) in [5.41, 5.74) is 6.68. The molecular weight excluding hydrogens is 336 g/mol. The van der Waals surface area contributed by atoms with Crippen LogP contribution in [-0.2, 0) is 0 Å². The first-order valence-electron chi connectivity index (χ1n) is 7.77. The maximum absolute atomic E-state index is 12.2. The zero-order valence-electron chi connectivity index (χ0n) is 13.5. The molecule has 2 aromatic carbocycles. The summed E-state index contributed by atoms with van der Waals surface area (Å²) >= 11 is 0. The largest absolute Gasteiger partial charge is 0.454 e. The Bertz CT molecular complexity index is 1020. The number of nitrogens with one attached hydrogen (secondary N) is 2. The third-order valence-electron chi connectivity index (χ3n) is 3.84. The van der Waals surface area contributed by atoms with Gasteiger partial charge in [0.05, 0.1) is 11.1 Å². The first-order valence-corrected chi connectivity index (χ1v) is 7.77. The Morgan fingerprint density at radius 1 is 1.00 bits per heavy atom. The standard InChI is InChI=1S/C18H14N4O4/c19-16(23)12-6-10-7-14-15(26-9-25-14)8-13(10)21-17(12)22-18(24)20-11-4-2-1-3-5-11/h1-8H,9H2,(H2,19,23)(H2,20,21,22,24). The van der Waals surface area contributed by atoms with Crippen LogP contribution >= 0.6 is 0 Å². The Balaban J connectivity index is 1.68. The molecule has 0 aliphatic carbocycles. The maximum atomic E-state index is 12.2. The number of aromatic nitrogens is 1. The summed E-state index contributed by atoms with van der Waals surface area (Å²) in [4.78, 5) is 28.4. The topological polar surface area (TPSA) is 116 Å². The highest BCUT2D eigenvalue weighted by Crippen LogP contribution is 2.36. The van der Waals surface area contributed by atoms with Gasteiger partial charge in [-0.1, -0.05) is 18.2 Å². The number of nitrogens with two attached hydrogens (primary N) is 1. The Morgan fingerprint density at radius 2 is 1.73 bits per heavy atom. The van der Waals surface area contributed by atoms with Gasteiger partial charge >= 0.3 is 6.03 Å².